The molecule has 0 radical (unpaired) electrons. The van der Waals surface area contributed by atoms with Crippen LogP contribution >= 0.6 is 0 Å². The van der Waals surface area contributed by atoms with Gasteiger partial charge in [-0.3, -0.25) is 24.5 Å². The van der Waals surface area contributed by atoms with Gasteiger partial charge < -0.3 is 0 Å². The Morgan fingerprint density at radius 1 is 0.643 bits per heavy atom. The van der Waals surface area contributed by atoms with E-state index in [4.69, 9.17) is 0 Å². The maximum atomic E-state index is 12.1. The van der Waals surface area contributed by atoms with E-state index in [1.165, 1.54) is 29.2 Å². The molecule has 1 aromatic heterocycles. The topological polar surface area (TPSA) is 96.4 Å². The van der Waals surface area contributed by atoms with E-state index in [0.717, 1.165) is 21.8 Å². The van der Waals surface area contributed by atoms with E-state index in [1.54, 1.807) is 0 Å². The number of imide groups is 2. The zero-order valence-electron chi connectivity index (χ0n) is 14.5. The van der Waals surface area contributed by atoms with Crippen molar-refractivity contribution in [2.24, 2.45) is 0 Å². The van der Waals surface area contributed by atoms with Gasteiger partial charge in [0, 0.05) is 35.1 Å². The molecule has 28 heavy (non-hydrogen) atoms. The van der Waals surface area contributed by atoms with Gasteiger partial charge in [0.15, 0.2) is 0 Å². The number of para-hydroxylation sites is 2. The number of amides is 4. The average molecular weight is 371 g/mol. The normalized spacial score (nSPS) is 15.4. The first-order valence-electron chi connectivity index (χ1n) is 8.41. The molecule has 3 heterocycles. The number of carbonyl (C=O) groups excluding carboxylic acids is 4. The van der Waals surface area contributed by atoms with Crippen LogP contribution in [0.3, 0.4) is 0 Å². The Kier molecular flexibility index (Phi) is 4.25. The van der Waals surface area contributed by atoms with Crippen LogP contribution in [0.5, 0.6) is 0 Å². The molecule has 0 unspecified atom stereocenters. The second kappa shape index (κ2) is 6.88. The van der Waals surface area contributed by atoms with Gasteiger partial charge in [0.2, 0.25) is 0 Å². The quantitative estimate of drug-likeness (QED) is 0.521. The van der Waals surface area contributed by atoms with Crippen molar-refractivity contribution in [3.8, 4) is 0 Å². The zero-order chi connectivity index (χ0) is 19.7. The first-order chi connectivity index (χ1) is 13.5. The Bertz CT molecular complexity index is 1140. The fourth-order valence-electron chi connectivity index (χ4n) is 3.04. The SMILES string of the molecule is O=C1C=CC(=O)N1.O=C1C=CC(=O)N1c1c2ccccc2nc2ccccc12. The average Bonchev–Trinajstić information content (AvgIpc) is 3.24. The van der Waals surface area contributed by atoms with E-state index in [2.05, 4.69) is 4.98 Å². The third-order valence-electron chi connectivity index (χ3n) is 4.22. The summed E-state index contributed by atoms with van der Waals surface area (Å²) in [6.45, 7) is 0. The molecule has 2 aromatic carbocycles. The molecule has 0 saturated heterocycles. The lowest BCUT2D eigenvalue weighted by Gasteiger charge is -2.18. The highest BCUT2D eigenvalue weighted by Crippen LogP contribution is 2.35. The Morgan fingerprint density at radius 2 is 1.11 bits per heavy atom. The second-order valence-electron chi connectivity index (χ2n) is 6.03. The highest BCUT2D eigenvalue weighted by Gasteiger charge is 2.28. The summed E-state index contributed by atoms with van der Waals surface area (Å²) in [5.41, 5.74) is 2.13. The number of anilines is 1. The van der Waals surface area contributed by atoms with Gasteiger partial charge in [-0.1, -0.05) is 36.4 Å². The van der Waals surface area contributed by atoms with Gasteiger partial charge in [0.1, 0.15) is 0 Å². The van der Waals surface area contributed by atoms with Crippen LogP contribution in [0.1, 0.15) is 0 Å². The summed E-state index contributed by atoms with van der Waals surface area (Å²) in [5, 5.41) is 3.61. The van der Waals surface area contributed by atoms with E-state index in [0.29, 0.717) is 5.69 Å². The highest BCUT2D eigenvalue weighted by atomic mass is 16.2. The van der Waals surface area contributed by atoms with Gasteiger partial charge in [-0.25, -0.2) is 9.88 Å². The number of carbonyl (C=O) groups is 4. The number of nitrogens with zero attached hydrogens (tertiary/aromatic N) is 2. The molecule has 2 aliphatic rings. The Hall–Kier alpha value is -4.13. The van der Waals surface area contributed by atoms with Crippen molar-refractivity contribution in [3.63, 3.8) is 0 Å². The Labute approximate surface area is 159 Å². The van der Waals surface area contributed by atoms with E-state index in [9.17, 15) is 19.2 Å². The van der Waals surface area contributed by atoms with E-state index in [-0.39, 0.29) is 23.6 Å². The number of benzene rings is 2. The predicted molar refractivity (Wildman–Crippen MR) is 103 cm³/mol. The first kappa shape index (κ1) is 17.3. The molecule has 0 saturated carbocycles. The molecule has 136 valence electrons. The van der Waals surface area contributed by atoms with Gasteiger partial charge in [-0.2, -0.15) is 0 Å². The lowest BCUT2D eigenvalue weighted by molar-refractivity contribution is -0.124. The maximum Gasteiger partial charge on any atom is 0.258 e. The molecule has 3 aromatic rings. The predicted octanol–water partition coefficient (Wildman–Crippen LogP) is 2.02. The minimum Gasteiger partial charge on any atom is -0.289 e. The second-order valence-corrected chi connectivity index (χ2v) is 6.03. The highest BCUT2D eigenvalue weighted by molar-refractivity contribution is 6.33. The van der Waals surface area contributed by atoms with E-state index >= 15 is 0 Å². The maximum absolute atomic E-state index is 12.1. The summed E-state index contributed by atoms with van der Waals surface area (Å²) in [6, 6.07) is 15.0. The molecular formula is C21H13N3O4. The van der Waals surface area contributed by atoms with Crippen LogP contribution in [0.4, 0.5) is 5.69 Å². The monoisotopic (exact) mass is 371 g/mol. The standard InChI is InChI=1S/C17H10N2O2.C4H3NO2/c20-15-9-10-16(21)19(15)17-11-5-1-3-7-13(11)18-14-8-4-2-6-12(14)17;6-3-1-2-4(7)5-3/h1-10H;1-2H,(H,5,6,7). The summed E-state index contributed by atoms with van der Waals surface area (Å²) in [5.74, 6) is -1.29. The number of hydrogen-bond acceptors (Lipinski definition) is 5. The summed E-state index contributed by atoms with van der Waals surface area (Å²) < 4.78 is 0. The molecule has 1 N–H and O–H groups in total. The minimum atomic E-state index is -0.329. The number of pyridine rings is 1. The molecule has 2 aliphatic heterocycles. The molecule has 5 rings (SSSR count). The smallest absolute Gasteiger partial charge is 0.258 e. The van der Waals surface area contributed by atoms with Crippen molar-refractivity contribution in [3.05, 3.63) is 72.8 Å². The third kappa shape index (κ3) is 3.05. The third-order valence-corrected chi connectivity index (χ3v) is 4.22. The molecule has 0 fully saturated rings. The minimum absolute atomic E-state index is 0.318. The number of fused-ring (bicyclic) bond motifs is 2. The summed E-state index contributed by atoms with van der Waals surface area (Å²) >= 11 is 0. The number of aromatic nitrogens is 1. The van der Waals surface area contributed by atoms with Crippen molar-refractivity contribution in [2.75, 3.05) is 4.90 Å². The van der Waals surface area contributed by atoms with Crippen LogP contribution in [-0.2, 0) is 19.2 Å². The number of hydrogen-bond donors (Lipinski definition) is 1. The lowest BCUT2D eigenvalue weighted by atomic mass is 10.1. The molecular weight excluding hydrogens is 358 g/mol. The van der Waals surface area contributed by atoms with Crippen molar-refractivity contribution >= 4 is 51.1 Å². The Balaban J connectivity index is 0.000000233. The van der Waals surface area contributed by atoms with Crippen molar-refractivity contribution in [1.82, 2.24) is 10.3 Å². The first-order valence-corrected chi connectivity index (χ1v) is 8.41. The van der Waals surface area contributed by atoms with Crippen LogP contribution in [0, 0.1) is 0 Å². The molecule has 4 amide bonds. The molecule has 0 atom stereocenters. The van der Waals surface area contributed by atoms with Crippen LogP contribution in [0.15, 0.2) is 72.8 Å². The largest absolute Gasteiger partial charge is 0.289 e. The molecule has 7 nitrogen and oxygen atoms in total. The zero-order valence-corrected chi connectivity index (χ0v) is 14.5. The van der Waals surface area contributed by atoms with Gasteiger partial charge in [0.25, 0.3) is 23.6 Å². The van der Waals surface area contributed by atoms with E-state index in [1.807, 2.05) is 53.8 Å². The lowest BCUT2D eigenvalue weighted by Crippen LogP contribution is -2.30. The van der Waals surface area contributed by atoms with Crippen LogP contribution < -0.4 is 10.2 Å². The van der Waals surface area contributed by atoms with Gasteiger partial charge in [-0.05, 0) is 12.1 Å². The molecule has 7 heteroatoms. The van der Waals surface area contributed by atoms with Gasteiger partial charge in [-0.15, -0.1) is 0 Å². The fourth-order valence-corrected chi connectivity index (χ4v) is 3.04. The fraction of sp³-hybridized carbons (Fsp3) is 0. The molecule has 0 bridgehead atoms. The van der Waals surface area contributed by atoms with Crippen LogP contribution in [0.25, 0.3) is 21.8 Å². The van der Waals surface area contributed by atoms with Crippen LogP contribution in [-0.4, -0.2) is 28.6 Å². The Morgan fingerprint density at radius 3 is 1.54 bits per heavy atom. The van der Waals surface area contributed by atoms with Gasteiger partial charge in [0.05, 0.1) is 16.7 Å². The number of nitrogens with one attached hydrogen (secondary N) is 1. The molecule has 0 spiro atoms. The molecule has 0 aliphatic carbocycles. The summed E-state index contributed by atoms with van der Waals surface area (Å²) in [7, 11) is 0. The summed E-state index contributed by atoms with van der Waals surface area (Å²) in [6.07, 6.45) is 4.99. The number of rotatable bonds is 1. The van der Waals surface area contributed by atoms with Crippen molar-refractivity contribution in [1.29, 1.82) is 0 Å². The van der Waals surface area contributed by atoms with Crippen LogP contribution in [0.2, 0.25) is 0 Å². The van der Waals surface area contributed by atoms with Gasteiger partial charge >= 0.3 is 0 Å². The van der Waals surface area contributed by atoms with E-state index < -0.39 is 0 Å². The summed E-state index contributed by atoms with van der Waals surface area (Å²) in [4.78, 5) is 50.0. The van der Waals surface area contributed by atoms with Crippen molar-refractivity contribution in [2.45, 2.75) is 0 Å². The van der Waals surface area contributed by atoms with Crippen molar-refractivity contribution < 1.29 is 19.2 Å².